The van der Waals surface area contributed by atoms with E-state index in [4.69, 9.17) is 4.74 Å². The van der Waals surface area contributed by atoms with E-state index in [2.05, 4.69) is 15.3 Å². The molecular weight excluding hydrogens is 244 g/mol. The molecule has 0 bridgehead atoms. The quantitative estimate of drug-likeness (QED) is 0.808. The summed E-state index contributed by atoms with van der Waals surface area (Å²) in [4.78, 5) is 21.9. The zero-order valence-electron chi connectivity index (χ0n) is 12.0. The fourth-order valence-electron chi connectivity index (χ4n) is 1.43. The minimum Gasteiger partial charge on any atom is -0.377 e. The van der Waals surface area contributed by atoms with Crippen LogP contribution in [0.25, 0.3) is 0 Å². The Labute approximate surface area is 114 Å². The molecule has 1 rings (SSSR count). The summed E-state index contributed by atoms with van der Waals surface area (Å²) in [5, 5.41) is 3.03. The Bertz CT molecular complexity index is 392. The fraction of sp³-hybridized carbons (Fsp3) is 0.615. The molecule has 0 saturated carbocycles. The molecule has 1 aromatic rings. The van der Waals surface area contributed by atoms with Gasteiger partial charge in [0.2, 0.25) is 0 Å². The van der Waals surface area contributed by atoms with E-state index in [9.17, 15) is 4.79 Å². The third-order valence-electron chi connectivity index (χ3n) is 2.45. The van der Waals surface area contributed by atoms with E-state index < -0.39 is 0 Å². The highest BCUT2D eigenvalue weighted by Gasteiger charge is 2.13. The molecule has 1 amide bonds. The Morgan fingerprint density at radius 2 is 2.16 bits per heavy atom. The van der Waals surface area contributed by atoms with Gasteiger partial charge in [0.1, 0.15) is 11.5 Å². The van der Waals surface area contributed by atoms with Crippen molar-refractivity contribution in [3.05, 3.63) is 18.1 Å². The van der Waals surface area contributed by atoms with Crippen molar-refractivity contribution in [1.29, 1.82) is 0 Å². The van der Waals surface area contributed by atoms with Gasteiger partial charge in [-0.1, -0.05) is 0 Å². The van der Waals surface area contributed by atoms with Crippen LogP contribution in [0.4, 0.5) is 5.82 Å². The number of rotatable bonds is 7. The van der Waals surface area contributed by atoms with Crippen LogP contribution in [0.1, 0.15) is 31.3 Å². The van der Waals surface area contributed by atoms with Gasteiger partial charge in [-0.05, 0) is 20.8 Å². The number of carbonyl (C=O) groups is 1. The Balaban J connectivity index is 2.51. The first-order chi connectivity index (χ1) is 9.04. The molecule has 6 nitrogen and oxygen atoms in total. The number of carbonyl (C=O) groups excluding carboxylic acids is 1. The van der Waals surface area contributed by atoms with Gasteiger partial charge >= 0.3 is 0 Å². The van der Waals surface area contributed by atoms with E-state index in [0.29, 0.717) is 24.7 Å². The van der Waals surface area contributed by atoms with E-state index in [1.54, 1.807) is 18.1 Å². The van der Waals surface area contributed by atoms with Gasteiger partial charge in [-0.25, -0.2) is 9.97 Å². The smallest absolute Gasteiger partial charge is 0.273 e. The Hall–Kier alpha value is -1.69. The highest BCUT2D eigenvalue weighted by Crippen LogP contribution is 2.03. The lowest BCUT2D eigenvalue weighted by Gasteiger charge is -2.17. The maximum Gasteiger partial charge on any atom is 0.273 e. The number of hydrogen-bond acceptors (Lipinski definition) is 5. The molecule has 0 saturated heterocycles. The molecule has 0 atom stereocenters. The van der Waals surface area contributed by atoms with Gasteiger partial charge in [0.25, 0.3) is 5.91 Å². The van der Waals surface area contributed by atoms with Crippen LogP contribution in [-0.4, -0.2) is 53.6 Å². The molecule has 0 aromatic carbocycles. The maximum absolute atomic E-state index is 12.0. The number of nitrogens with one attached hydrogen (secondary N) is 1. The lowest BCUT2D eigenvalue weighted by Crippen LogP contribution is -2.31. The summed E-state index contributed by atoms with van der Waals surface area (Å²) in [5.41, 5.74) is 0.341. The second-order valence-electron chi connectivity index (χ2n) is 4.46. The Morgan fingerprint density at radius 3 is 2.68 bits per heavy atom. The van der Waals surface area contributed by atoms with E-state index in [1.165, 1.54) is 6.20 Å². The molecule has 0 spiro atoms. The van der Waals surface area contributed by atoms with Crippen molar-refractivity contribution in [1.82, 2.24) is 14.9 Å². The van der Waals surface area contributed by atoms with Gasteiger partial charge in [0, 0.05) is 20.1 Å². The summed E-state index contributed by atoms with van der Waals surface area (Å²) in [6, 6.07) is 0. The first-order valence-electron chi connectivity index (χ1n) is 6.47. The summed E-state index contributed by atoms with van der Waals surface area (Å²) < 4.78 is 5.41. The minimum absolute atomic E-state index is 0.150. The fourth-order valence-corrected chi connectivity index (χ4v) is 1.43. The van der Waals surface area contributed by atoms with Crippen molar-refractivity contribution in [3.8, 4) is 0 Å². The van der Waals surface area contributed by atoms with Crippen molar-refractivity contribution in [2.24, 2.45) is 0 Å². The molecule has 0 unspecified atom stereocenters. The van der Waals surface area contributed by atoms with Crippen LogP contribution in [0.5, 0.6) is 0 Å². The number of likely N-dealkylation sites (N-methyl/N-ethyl adjacent to an activating group) is 1. The highest BCUT2D eigenvalue weighted by molar-refractivity contribution is 5.91. The molecule has 0 aliphatic carbocycles. The average molecular weight is 266 g/mol. The predicted molar refractivity (Wildman–Crippen MR) is 74.2 cm³/mol. The second-order valence-corrected chi connectivity index (χ2v) is 4.46. The second kappa shape index (κ2) is 7.68. The van der Waals surface area contributed by atoms with Gasteiger partial charge in [0.05, 0.1) is 25.1 Å². The normalized spacial score (nSPS) is 10.6. The monoisotopic (exact) mass is 266 g/mol. The molecule has 1 N–H and O–H groups in total. The first kappa shape index (κ1) is 15.4. The third-order valence-corrected chi connectivity index (χ3v) is 2.45. The average Bonchev–Trinajstić information content (AvgIpc) is 2.38. The van der Waals surface area contributed by atoms with Gasteiger partial charge in [-0.2, -0.15) is 0 Å². The van der Waals surface area contributed by atoms with Crippen molar-refractivity contribution in [2.75, 3.05) is 32.1 Å². The third kappa shape index (κ3) is 5.21. The van der Waals surface area contributed by atoms with Crippen LogP contribution in [0.2, 0.25) is 0 Å². The molecular formula is C13H22N4O2. The Morgan fingerprint density at radius 1 is 1.42 bits per heavy atom. The molecule has 1 heterocycles. The van der Waals surface area contributed by atoms with E-state index in [1.807, 2.05) is 20.8 Å². The van der Waals surface area contributed by atoms with E-state index in [0.717, 1.165) is 6.54 Å². The van der Waals surface area contributed by atoms with E-state index in [-0.39, 0.29) is 12.0 Å². The predicted octanol–water partition coefficient (Wildman–Crippen LogP) is 1.41. The number of amides is 1. The van der Waals surface area contributed by atoms with Crippen LogP contribution < -0.4 is 5.32 Å². The van der Waals surface area contributed by atoms with Crippen molar-refractivity contribution in [2.45, 2.75) is 26.9 Å². The van der Waals surface area contributed by atoms with Crippen molar-refractivity contribution < 1.29 is 9.53 Å². The van der Waals surface area contributed by atoms with Crippen LogP contribution >= 0.6 is 0 Å². The molecule has 19 heavy (non-hydrogen) atoms. The number of anilines is 1. The molecule has 0 radical (unpaired) electrons. The van der Waals surface area contributed by atoms with Gasteiger partial charge in [-0.3, -0.25) is 4.79 Å². The molecule has 0 fully saturated rings. The van der Waals surface area contributed by atoms with Crippen molar-refractivity contribution in [3.63, 3.8) is 0 Å². The van der Waals surface area contributed by atoms with Crippen LogP contribution in [-0.2, 0) is 4.74 Å². The topological polar surface area (TPSA) is 67.4 Å². The van der Waals surface area contributed by atoms with Gasteiger partial charge < -0.3 is 15.0 Å². The standard InChI is InChI=1S/C13H22N4O2/c1-5-14-12-9-15-11(8-16-12)13(18)17(4)6-7-19-10(2)3/h8-10H,5-7H2,1-4H3,(H,14,16). The summed E-state index contributed by atoms with van der Waals surface area (Å²) in [6.45, 7) is 7.73. The summed E-state index contributed by atoms with van der Waals surface area (Å²) in [7, 11) is 1.73. The lowest BCUT2D eigenvalue weighted by molar-refractivity contribution is 0.0529. The summed E-state index contributed by atoms with van der Waals surface area (Å²) in [6.07, 6.45) is 3.22. The van der Waals surface area contributed by atoms with Crippen molar-refractivity contribution >= 4 is 11.7 Å². The summed E-state index contributed by atoms with van der Waals surface area (Å²) in [5.74, 6) is 0.521. The number of nitrogens with zero attached hydrogens (tertiary/aromatic N) is 3. The minimum atomic E-state index is -0.150. The maximum atomic E-state index is 12.0. The first-order valence-corrected chi connectivity index (χ1v) is 6.47. The number of aromatic nitrogens is 2. The molecule has 0 aliphatic heterocycles. The highest BCUT2D eigenvalue weighted by atomic mass is 16.5. The van der Waals surface area contributed by atoms with Crippen LogP contribution in [0.15, 0.2) is 12.4 Å². The number of ether oxygens (including phenoxy) is 1. The molecule has 106 valence electrons. The van der Waals surface area contributed by atoms with Gasteiger partial charge in [-0.15, -0.1) is 0 Å². The van der Waals surface area contributed by atoms with Gasteiger partial charge in [0.15, 0.2) is 0 Å². The molecule has 6 heteroatoms. The molecule has 0 aliphatic rings. The van der Waals surface area contributed by atoms with Crippen LogP contribution in [0.3, 0.4) is 0 Å². The zero-order chi connectivity index (χ0) is 14.3. The summed E-state index contributed by atoms with van der Waals surface area (Å²) >= 11 is 0. The van der Waals surface area contributed by atoms with Crippen LogP contribution in [0, 0.1) is 0 Å². The molecule has 1 aromatic heterocycles. The van der Waals surface area contributed by atoms with E-state index >= 15 is 0 Å². The largest absolute Gasteiger partial charge is 0.377 e. The lowest BCUT2D eigenvalue weighted by atomic mass is 10.4. The zero-order valence-corrected chi connectivity index (χ0v) is 12.0. The SMILES string of the molecule is CCNc1cnc(C(=O)N(C)CCOC(C)C)cn1. The Kier molecular flexibility index (Phi) is 6.21. The number of hydrogen-bond donors (Lipinski definition) is 1.